The van der Waals surface area contributed by atoms with Crippen molar-refractivity contribution in [3.63, 3.8) is 0 Å². The van der Waals surface area contributed by atoms with Gasteiger partial charge in [-0.15, -0.1) is 0 Å². The highest BCUT2D eigenvalue weighted by atomic mass is 16.5. The molecular weight excluding hydrogens is 330 g/mol. The second-order valence-electron chi connectivity index (χ2n) is 5.96. The molecule has 0 radical (unpaired) electrons. The van der Waals surface area contributed by atoms with Gasteiger partial charge >= 0.3 is 0 Å². The summed E-state index contributed by atoms with van der Waals surface area (Å²) in [5, 5.41) is 6.83. The lowest BCUT2D eigenvalue weighted by Gasteiger charge is -2.13. The molecule has 0 spiro atoms. The first-order chi connectivity index (χ1) is 12.6. The predicted molar refractivity (Wildman–Crippen MR) is 99.2 cm³/mol. The van der Waals surface area contributed by atoms with E-state index in [1.54, 1.807) is 19.1 Å². The molecule has 1 amide bonds. The fourth-order valence-electron chi connectivity index (χ4n) is 2.67. The summed E-state index contributed by atoms with van der Waals surface area (Å²) in [6, 6.07) is 13.2. The van der Waals surface area contributed by atoms with Crippen molar-refractivity contribution in [2.75, 3.05) is 11.9 Å². The Bertz CT molecular complexity index is 918. The molecule has 1 heterocycles. The van der Waals surface area contributed by atoms with Crippen LogP contribution >= 0.6 is 0 Å². The van der Waals surface area contributed by atoms with Crippen LogP contribution in [0.5, 0.6) is 5.75 Å². The molecule has 6 heteroatoms. The number of carbonyl (C=O) groups is 1. The first-order valence-corrected chi connectivity index (χ1v) is 8.48. The second kappa shape index (κ2) is 7.82. The Balaban J connectivity index is 1.65. The van der Waals surface area contributed by atoms with Gasteiger partial charge in [-0.2, -0.15) is 4.98 Å². The van der Waals surface area contributed by atoms with E-state index in [2.05, 4.69) is 22.4 Å². The molecule has 0 bridgehead atoms. The van der Waals surface area contributed by atoms with Gasteiger partial charge in [-0.25, -0.2) is 0 Å². The molecular formula is C20H21N3O3. The van der Waals surface area contributed by atoms with E-state index in [0.717, 1.165) is 28.8 Å². The van der Waals surface area contributed by atoms with Crippen molar-refractivity contribution in [2.24, 2.45) is 0 Å². The number of aryl methyl sites for hydroxylation is 3. The van der Waals surface area contributed by atoms with Gasteiger partial charge in [0.15, 0.2) is 6.61 Å². The summed E-state index contributed by atoms with van der Waals surface area (Å²) < 4.78 is 10.6. The quantitative estimate of drug-likeness (QED) is 0.728. The molecule has 0 aliphatic carbocycles. The Morgan fingerprint density at radius 1 is 1.19 bits per heavy atom. The molecule has 3 aromatic rings. The monoisotopic (exact) mass is 351 g/mol. The molecule has 0 atom stereocenters. The second-order valence-corrected chi connectivity index (χ2v) is 5.96. The van der Waals surface area contributed by atoms with Crippen molar-refractivity contribution < 1.29 is 14.1 Å². The third-order valence-corrected chi connectivity index (χ3v) is 3.99. The summed E-state index contributed by atoms with van der Waals surface area (Å²) in [6.07, 6.45) is 0.852. The van der Waals surface area contributed by atoms with E-state index in [0.29, 0.717) is 17.5 Å². The lowest BCUT2D eigenvalue weighted by molar-refractivity contribution is -0.118. The maximum atomic E-state index is 12.3. The van der Waals surface area contributed by atoms with Crippen molar-refractivity contribution in [1.82, 2.24) is 10.1 Å². The molecule has 1 N–H and O–H groups in total. The molecule has 0 saturated carbocycles. The van der Waals surface area contributed by atoms with Gasteiger partial charge in [-0.3, -0.25) is 4.79 Å². The molecule has 0 unspecified atom stereocenters. The molecule has 0 saturated heterocycles. The first kappa shape index (κ1) is 17.7. The van der Waals surface area contributed by atoms with E-state index >= 15 is 0 Å². The Labute approximate surface area is 152 Å². The highest BCUT2D eigenvalue weighted by Gasteiger charge is 2.11. The average Bonchev–Trinajstić information content (AvgIpc) is 3.08. The number of ether oxygens (including phenoxy) is 1. The average molecular weight is 351 g/mol. The first-order valence-electron chi connectivity index (χ1n) is 8.48. The van der Waals surface area contributed by atoms with Crippen molar-refractivity contribution in [2.45, 2.75) is 27.2 Å². The number of para-hydroxylation sites is 1. The van der Waals surface area contributed by atoms with Gasteiger partial charge in [0.05, 0.1) is 0 Å². The SMILES string of the molecule is CCc1cccc(C)c1NC(=O)COc1cccc(-c2noc(C)n2)c1. The van der Waals surface area contributed by atoms with E-state index in [-0.39, 0.29) is 12.5 Å². The van der Waals surface area contributed by atoms with E-state index < -0.39 is 0 Å². The fraction of sp³-hybridized carbons (Fsp3) is 0.250. The number of hydrogen-bond donors (Lipinski definition) is 1. The van der Waals surface area contributed by atoms with Crippen LogP contribution in [0.15, 0.2) is 47.0 Å². The van der Waals surface area contributed by atoms with Gasteiger partial charge in [0.2, 0.25) is 11.7 Å². The Morgan fingerprint density at radius 2 is 2.00 bits per heavy atom. The summed E-state index contributed by atoms with van der Waals surface area (Å²) >= 11 is 0. The van der Waals surface area contributed by atoms with Crippen LogP contribution in [0, 0.1) is 13.8 Å². The Hall–Kier alpha value is -3.15. The molecule has 134 valence electrons. The molecule has 1 aromatic heterocycles. The highest BCUT2D eigenvalue weighted by Crippen LogP contribution is 2.23. The number of nitrogens with zero attached hydrogens (tertiary/aromatic N) is 2. The maximum absolute atomic E-state index is 12.3. The zero-order valence-corrected chi connectivity index (χ0v) is 15.1. The lowest BCUT2D eigenvalue weighted by Crippen LogP contribution is -2.21. The lowest BCUT2D eigenvalue weighted by atomic mass is 10.1. The zero-order valence-electron chi connectivity index (χ0n) is 15.1. The minimum atomic E-state index is -0.199. The minimum Gasteiger partial charge on any atom is -0.484 e. The highest BCUT2D eigenvalue weighted by molar-refractivity contribution is 5.93. The fourth-order valence-corrected chi connectivity index (χ4v) is 2.67. The van der Waals surface area contributed by atoms with Gasteiger partial charge < -0.3 is 14.6 Å². The number of nitrogens with one attached hydrogen (secondary N) is 1. The van der Waals surface area contributed by atoms with Crippen molar-refractivity contribution in [3.05, 3.63) is 59.5 Å². The summed E-state index contributed by atoms with van der Waals surface area (Å²) in [6.45, 7) is 5.70. The number of aromatic nitrogens is 2. The van der Waals surface area contributed by atoms with E-state index in [4.69, 9.17) is 9.26 Å². The number of rotatable bonds is 6. The summed E-state index contributed by atoms with van der Waals surface area (Å²) in [4.78, 5) is 16.5. The summed E-state index contributed by atoms with van der Waals surface area (Å²) in [5.74, 6) is 1.36. The molecule has 0 aliphatic heterocycles. The number of amides is 1. The van der Waals surface area contributed by atoms with Crippen LogP contribution in [0.4, 0.5) is 5.69 Å². The molecule has 3 rings (SSSR count). The molecule has 2 aromatic carbocycles. The Morgan fingerprint density at radius 3 is 2.73 bits per heavy atom. The van der Waals surface area contributed by atoms with Crippen LogP contribution in [0.2, 0.25) is 0 Å². The van der Waals surface area contributed by atoms with Crippen molar-refractivity contribution in [1.29, 1.82) is 0 Å². The van der Waals surface area contributed by atoms with Crippen molar-refractivity contribution >= 4 is 11.6 Å². The van der Waals surface area contributed by atoms with Crippen molar-refractivity contribution in [3.8, 4) is 17.1 Å². The standard InChI is InChI=1S/C20H21N3O3/c1-4-15-8-5-7-13(2)19(15)22-18(24)12-25-17-10-6-9-16(11-17)20-21-14(3)26-23-20/h5-11H,4,12H2,1-3H3,(H,22,24). The van der Waals surface area contributed by atoms with Crippen LogP contribution < -0.4 is 10.1 Å². The third-order valence-electron chi connectivity index (χ3n) is 3.99. The maximum Gasteiger partial charge on any atom is 0.262 e. The number of benzene rings is 2. The van der Waals surface area contributed by atoms with Crippen LogP contribution in [-0.4, -0.2) is 22.7 Å². The molecule has 26 heavy (non-hydrogen) atoms. The topological polar surface area (TPSA) is 77.2 Å². The largest absolute Gasteiger partial charge is 0.484 e. The van der Waals surface area contributed by atoms with E-state index in [1.807, 2.05) is 37.3 Å². The summed E-state index contributed by atoms with van der Waals surface area (Å²) in [7, 11) is 0. The number of hydrogen-bond acceptors (Lipinski definition) is 5. The number of carbonyl (C=O) groups excluding carboxylic acids is 1. The van der Waals surface area contributed by atoms with Gasteiger partial charge in [0.1, 0.15) is 5.75 Å². The Kier molecular flexibility index (Phi) is 5.31. The number of anilines is 1. The molecule has 6 nitrogen and oxygen atoms in total. The molecule has 0 fully saturated rings. The summed E-state index contributed by atoms with van der Waals surface area (Å²) in [5.41, 5.74) is 3.77. The van der Waals surface area contributed by atoms with Crippen LogP contribution in [-0.2, 0) is 11.2 Å². The third kappa shape index (κ3) is 4.08. The van der Waals surface area contributed by atoms with Crippen LogP contribution in [0.25, 0.3) is 11.4 Å². The minimum absolute atomic E-state index is 0.0772. The van der Waals surface area contributed by atoms with Crippen LogP contribution in [0.3, 0.4) is 0 Å². The normalized spacial score (nSPS) is 10.6. The predicted octanol–water partition coefficient (Wildman–Crippen LogP) is 3.93. The van der Waals surface area contributed by atoms with E-state index in [9.17, 15) is 4.79 Å². The smallest absolute Gasteiger partial charge is 0.262 e. The van der Waals surface area contributed by atoms with Gasteiger partial charge in [0, 0.05) is 18.2 Å². The van der Waals surface area contributed by atoms with Gasteiger partial charge in [-0.05, 0) is 36.6 Å². The zero-order chi connectivity index (χ0) is 18.5. The van der Waals surface area contributed by atoms with Gasteiger partial charge in [-0.1, -0.05) is 42.4 Å². The van der Waals surface area contributed by atoms with Gasteiger partial charge in [0.25, 0.3) is 5.91 Å². The van der Waals surface area contributed by atoms with Crippen LogP contribution in [0.1, 0.15) is 23.9 Å². The molecule has 0 aliphatic rings. The van der Waals surface area contributed by atoms with E-state index in [1.165, 1.54) is 0 Å².